The van der Waals surface area contributed by atoms with Gasteiger partial charge in [0.2, 0.25) is 5.91 Å². The Morgan fingerprint density at radius 2 is 1.84 bits per heavy atom. The number of aryl methyl sites for hydroxylation is 3. The second-order valence-corrected chi connectivity index (χ2v) is 7.25. The summed E-state index contributed by atoms with van der Waals surface area (Å²) >= 11 is 0. The Bertz CT molecular complexity index is 1120. The molecule has 1 aromatic heterocycles. The molecule has 2 aromatic carbocycles. The van der Waals surface area contributed by atoms with Crippen molar-refractivity contribution in [3.63, 3.8) is 0 Å². The topological polar surface area (TPSA) is 106 Å². The van der Waals surface area contributed by atoms with Crippen molar-refractivity contribution in [3.8, 4) is 0 Å². The molecule has 9 nitrogen and oxygen atoms in total. The monoisotopic (exact) mass is 423 g/mol. The Kier molecular flexibility index (Phi) is 6.64. The smallest absolute Gasteiger partial charge is 0.338 e. The molecule has 0 aliphatic carbocycles. The third-order valence-corrected chi connectivity index (χ3v) is 4.93. The van der Waals surface area contributed by atoms with Crippen molar-refractivity contribution in [1.82, 2.24) is 19.9 Å². The van der Waals surface area contributed by atoms with Gasteiger partial charge in [-0.15, -0.1) is 5.10 Å². The summed E-state index contributed by atoms with van der Waals surface area (Å²) < 4.78 is 6.83. The molecular weight excluding hydrogens is 398 g/mol. The van der Waals surface area contributed by atoms with Gasteiger partial charge in [-0.2, -0.15) is 0 Å². The SMILES string of the molecule is CCn1nnc2cc(C(=O)OCC(=O)N(C)CC(=O)Nc3c(C)cccc3C)ccc21. The minimum atomic E-state index is -0.644. The number of carbonyl (C=O) groups excluding carboxylic acids is 3. The van der Waals surface area contributed by atoms with Gasteiger partial charge in [0.25, 0.3) is 5.91 Å². The van der Waals surface area contributed by atoms with E-state index in [1.807, 2.05) is 39.0 Å². The summed E-state index contributed by atoms with van der Waals surface area (Å²) in [6, 6.07) is 10.6. The molecule has 0 unspecified atom stereocenters. The average molecular weight is 423 g/mol. The molecule has 31 heavy (non-hydrogen) atoms. The van der Waals surface area contributed by atoms with E-state index in [9.17, 15) is 14.4 Å². The van der Waals surface area contributed by atoms with Crippen LogP contribution in [0.4, 0.5) is 5.69 Å². The summed E-state index contributed by atoms with van der Waals surface area (Å²) in [7, 11) is 1.48. The Balaban J connectivity index is 1.53. The predicted octanol–water partition coefficient (Wildman–Crippen LogP) is 2.32. The van der Waals surface area contributed by atoms with Crippen molar-refractivity contribution in [2.45, 2.75) is 27.3 Å². The highest BCUT2D eigenvalue weighted by Crippen LogP contribution is 2.19. The first-order chi connectivity index (χ1) is 14.8. The van der Waals surface area contributed by atoms with E-state index < -0.39 is 18.5 Å². The second-order valence-electron chi connectivity index (χ2n) is 7.25. The largest absolute Gasteiger partial charge is 0.452 e. The normalized spacial score (nSPS) is 10.7. The molecule has 0 saturated heterocycles. The number of aromatic nitrogens is 3. The predicted molar refractivity (Wildman–Crippen MR) is 116 cm³/mol. The van der Waals surface area contributed by atoms with Crippen molar-refractivity contribution in [2.75, 3.05) is 25.5 Å². The molecule has 9 heteroatoms. The first kappa shape index (κ1) is 21.9. The van der Waals surface area contributed by atoms with Crippen LogP contribution in [-0.2, 0) is 20.9 Å². The fraction of sp³-hybridized carbons (Fsp3) is 0.318. The Morgan fingerprint density at radius 3 is 2.52 bits per heavy atom. The number of anilines is 1. The number of nitrogens with one attached hydrogen (secondary N) is 1. The molecule has 0 fully saturated rings. The summed E-state index contributed by atoms with van der Waals surface area (Å²) in [6.45, 7) is 5.79. The van der Waals surface area contributed by atoms with Crippen molar-refractivity contribution in [3.05, 3.63) is 53.1 Å². The van der Waals surface area contributed by atoms with E-state index in [4.69, 9.17) is 4.74 Å². The number of esters is 1. The molecule has 0 radical (unpaired) electrons. The van der Waals surface area contributed by atoms with Gasteiger partial charge in [0.05, 0.1) is 17.6 Å². The number of likely N-dealkylation sites (N-methyl/N-ethyl adjacent to an activating group) is 1. The molecule has 0 aliphatic heterocycles. The molecule has 0 spiro atoms. The zero-order valence-corrected chi connectivity index (χ0v) is 18.0. The number of benzene rings is 2. The fourth-order valence-corrected chi connectivity index (χ4v) is 3.15. The number of hydrogen-bond acceptors (Lipinski definition) is 6. The van der Waals surface area contributed by atoms with Gasteiger partial charge in [-0.05, 0) is 50.1 Å². The van der Waals surface area contributed by atoms with E-state index in [0.29, 0.717) is 12.1 Å². The van der Waals surface area contributed by atoms with Crippen LogP contribution >= 0.6 is 0 Å². The van der Waals surface area contributed by atoms with Crippen molar-refractivity contribution in [1.29, 1.82) is 0 Å². The number of ether oxygens (including phenoxy) is 1. The van der Waals surface area contributed by atoms with Crippen LogP contribution in [-0.4, -0.2) is 57.9 Å². The van der Waals surface area contributed by atoms with Gasteiger partial charge < -0.3 is 15.0 Å². The third-order valence-electron chi connectivity index (χ3n) is 4.93. The van der Waals surface area contributed by atoms with E-state index in [1.54, 1.807) is 22.9 Å². The molecule has 3 aromatic rings. The second kappa shape index (κ2) is 9.38. The lowest BCUT2D eigenvalue weighted by molar-refractivity contribution is -0.136. The van der Waals surface area contributed by atoms with E-state index >= 15 is 0 Å². The van der Waals surface area contributed by atoms with Crippen molar-refractivity contribution in [2.24, 2.45) is 0 Å². The standard InChI is InChI=1S/C22H25N5O4/c1-5-27-18-10-9-16(11-17(18)24-25-27)22(30)31-13-20(29)26(4)12-19(28)23-21-14(2)7-6-8-15(21)3/h6-11H,5,12-13H2,1-4H3,(H,23,28). The molecule has 0 bridgehead atoms. The first-order valence-corrected chi connectivity index (χ1v) is 9.90. The zero-order valence-electron chi connectivity index (χ0n) is 18.0. The molecule has 162 valence electrons. The molecule has 0 aliphatic rings. The summed E-state index contributed by atoms with van der Waals surface area (Å²) in [5, 5.41) is 10.8. The Morgan fingerprint density at radius 1 is 1.13 bits per heavy atom. The average Bonchev–Trinajstić information content (AvgIpc) is 3.16. The molecule has 0 saturated carbocycles. The molecule has 1 N–H and O–H groups in total. The van der Waals surface area contributed by atoms with Crippen LogP contribution in [0.1, 0.15) is 28.4 Å². The lowest BCUT2D eigenvalue weighted by atomic mass is 10.1. The van der Waals surface area contributed by atoms with Crippen molar-refractivity contribution < 1.29 is 19.1 Å². The highest BCUT2D eigenvalue weighted by Gasteiger charge is 2.17. The Labute approximate surface area is 180 Å². The van der Waals surface area contributed by atoms with Crippen LogP contribution in [0.25, 0.3) is 11.0 Å². The lowest BCUT2D eigenvalue weighted by Gasteiger charge is -2.18. The van der Waals surface area contributed by atoms with E-state index in [1.165, 1.54) is 11.9 Å². The highest BCUT2D eigenvalue weighted by molar-refractivity contribution is 5.97. The number of para-hydroxylation sites is 1. The quantitative estimate of drug-likeness (QED) is 0.585. The van der Waals surface area contributed by atoms with Gasteiger partial charge in [-0.1, -0.05) is 23.4 Å². The van der Waals surface area contributed by atoms with Gasteiger partial charge >= 0.3 is 5.97 Å². The van der Waals surface area contributed by atoms with Crippen LogP contribution in [0.3, 0.4) is 0 Å². The number of carbonyl (C=O) groups is 3. The van der Waals surface area contributed by atoms with E-state index in [2.05, 4.69) is 15.6 Å². The van der Waals surface area contributed by atoms with Crippen LogP contribution in [0.2, 0.25) is 0 Å². The first-order valence-electron chi connectivity index (χ1n) is 9.90. The van der Waals surface area contributed by atoms with Crippen molar-refractivity contribution >= 4 is 34.5 Å². The van der Waals surface area contributed by atoms with Gasteiger partial charge in [0.15, 0.2) is 6.61 Å². The number of fused-ring (bicyclic) bond motifs is 1. The van der Waals surface area contributed by atoms with E-state index in [-0.39, 0.29) is 18.0 Å². The number of rotatable bonds is 7. The number of hydrogen-bond donors (Lipinski definition) is 1. The van der Waals surface area contributed by atoms with Crippen LogP contribution < -0.4 is 5.32 Å². The van der Waals surface area contributed by atoms with E-state index in [0.717, 1.165) is 22.3 Å². The maximum absolute atomic E-state index is 12.3. The highest BCUT2D eigenvalue weighted by atomic mass is 16.5. The zero-order chi connectivity index (χ0) is 22.5. The molecule has 0 atom stereocenters. The lowest BCUT2D eigenvalue weighted by Crippen LogP contribution is -2.37. The maximum atomic E-state index is 12.3. The van der Waals surface area contributed by atoms with Gasteiger partial charge in [-0.3, -0.25) is 9.59 Å². The van der Waals surface area contributed by atoms with Crippen LogP contribution in [0.15, 0.2) is 36.4 Å². The molecule has 1 heterocycles. The third kappa shape index (κ3) is 5.06. The minimum absolute atomic E-state index is 0.157. The summed E-state index contributed by atoms with van der Waals surface area (Å²) in [5.74, 6) is -1.46. The molecule has 2 amide bonds. The van der Waals surface area contributed by atoms with Gasteiger partial charge in [0, 0.05) is 19.3 Å². The number of nitrogens with zero attached hydrogens (tertiary/aromatic N) is 4. The minimum Gasteiger partial charge on any atom is -0.452 e. The Hall–Kier alpha value is -3.75. The van der Waals surface area contributed by atoms with Gasteiger partial charge in [0.1, 0.15) is 5.52 Å². The maximum Gasteiger partial charge on any atom is 0.338 e. The van der Waals surface area contributed by atoms with Gasteiger partial charge in [-0.25, -0.2) is 9.48 Å². The summed E-state index contributed by atoms with van der Waals surface area (Å²) in [6.07, 6.45) is 0. The molecule has 3 rings (SSSR count). The van der Waals surface area contributed by atoms with Crippen LogP contribution in [0, 0.1) is 13.8 Å². The fourth-order valence-electron chi connectivity index (χ4n) is 3.15. The summed E-state index contributed by atoms with van der Waals surface area (Å²) in [5.41, 5.74) is 4.26. The molecular formula is C22H25N5O4. The summed E-state index contributed by atoms with van der Waals surface area (Å²) in [4.78, 5) is 38.1. The van der Waals surface area contributed by atoms with Crippen LogP contribution in [0.5, 0.6) is 0 Å². The number of amides is 2.